The molecular weight excluding hydrogens is 346 g/mol. The third-order valence-corrected chi connectivity index (χ3v) is 4.30. The lowest BCUT2D eigenvalue weighted by molar-refractivity contribution is -0.134. The molecule has 1 aliphatic heterocycles. The number of carbonyl (C=O) groups excluding carboxylic acids is 1. The molecule has 1 aromatic carbocycles. The summed E-state index contributed by atoms with van der Waals surface area (Å²) in [5.41, 5.74) is 1.43. The van der Waals surface area contributed by atoms with Crippen LogP contribution in [0.25, 0.3) is 5.65 Å². The molecule has 0 aliphatic carbocycles. The van der Waals surface area contributed by atoms with Gasteiger partial charge in [-0.2, -0.15) is 0 Å². The number of carbonyl (C=O) groups is 1. The Balaban J connectivity index is 1.48. The quantitative estimate of drug-likeness (QED) is 0.763. The van der Waals surface area contributed by atoms with Gasteiger partial charge in [0.05, 0.1) is 17.8 Å². The van der Waals surface area contributed by atoms with Crippen LogP contribution in [0.3, 0.4) is 0 Å². The first-order valence-corrected chi connectivity index (χ1v) is 7.96. The summed E-state index contributed by atoms with van der Waals surface area (Å²) in [5.74, 6) is -2.32. The van der Waals surface area contributed by atoms with E-state index in [-0.39, 0.29) is 30.4 Å². The standard InChI is InChI=1S/C17H14F2N4O3/c18-12-2-1-10(7-13(12)19)26-9-16(24)22-6-4-14-11(8-22)17(25)23-15(21-14)3-5-20-23/h1-3,5,7,20H,4,6,8-9H2. The number of hydrogen-bond donors (Lipinski definition) is 1. The number of halogens is 2. The maximum Gasteiger partial charge on any atom is 0.277 e. The Morgan fingerprint density at radius 1 is 1.27 bits per heavy atom. The van der Waals surface area contributed by atoms with Crippen LogP contribution >= 0.6 is 0 Å². The minimum Gasteiger partial charge on any atom is -0.484 e. The van der Waals surface area contributed by atoms with Crippen LogP contribution in [0.5, 0.6) is 5.75 Å². The van der Waals surface area contributed by atoms with E-state index in [0.717, 1.165) is 12.1 Å². The van der Waals surface area contributed by atoms with Gasteiger partial charge in [0.2, 0.25) is 0 Å². The molecule has 0 spiro atoms. The fraction of sp³-hybridized carbons (Fsp3) is 0.235. The highest BCUT2D eigenvalue weighted by atomic mass is 19.2. The lowest BCUT2D eigenvalue weighted by Crippen LogP contribution is -2.42. The number of amides is 1. The topological polar surface area (TPSA) is 79.7 Å². The Morgan fingerprint density at radius 3 is 2.92 bits per heavy atom. The molecule has 134 valence electrons. The van der Waals surface area contributed by atoms with Crippen LogP contribution < -0.4 is 10.3 Å². The van der Waals surface area contributed by atoms with Crippen molar-refractivity contribution in [2.24, 2.45) is 0 Å². The first-order chi connectivity index (χ1) is 12.5. The van der Waals surface area contributed by atoms with Crippen LogP contribution in [0.15, 0.2) is 35.3 Å². The van der Waals surface area contributed by atoms with Crippen LogP contribution in [0.1, 0.15) is 11.3 Å². The molecule has 0 bridgehead atoms. The van der Waals surface area contributed by atoms with E-state index in [0.29, 0.717) is 29.9 Å². The normalized spacial score (nSPS) is 13.7. The number of H-pyrrole nitrogens is 1. The van der Waals surface area contributed by atoms with E-state index in [1.54, 1.807) is 12.3 Å². The van der Waals surface area contributed by atoms with E-state index >= 15 is 0 Å². The molecule has 1 amide bonds. The van der Waals surface area contributed by atoms with Crippen LogP contribution in [-0.4, -0.2) is 38.6 Å². The summed E-state index contributed by atoms with van der Waals surface area (Å²) in [5, 5.41) is 2.79. The van der Waals surface area contributed by atoms with Gasteiger partial charge in [0.1, 0.15) is 5.75 Å². The largest absolute Gasteiger partial charge is 0.484 e. The molecule has 0 radical (unpaired) electrons. The zero-order chi connectivity index (χ0) is 18.3. The van der Waals surface area contributed by atoms with Crippen LogP contribution in [0.2, 0.25) is 0 Å². The Morgan fingerprint density at radius 2 is 2.12 bits per heavy atom. The second-order valence-corrected chi connectivity index (χ2v) is 5.93. The smallest absolute Gasteiger partial charge is 0.277 e. The summed E-state index contributed by atoms with van der Waals surface area (Å²) in [7, 11) is 0. The van der Waals surface area contributed by atoms with Gasteiger partial charge in [-0.15, -0.1) is 0 Å². The summed E-state index contributed by atoms with van der Waals surface area (Å²) in [6.07, 6.45) is 2.08. The first kappa shape index (κ1) is 16.2. The van der Waals surface area contributed by atoms with E-state index in [9.17, 15) is 18.4 Å². The van der Waals surface area contributed by atoms with Gasteiger partial charge in [0.15, 0.2) is 23.9 Å². The number of benzene rings is 1. The predicted molar refractivity (Wildman–Crippen MR) is 86.8 cm³/mol. The Hall–Kier alpha value is -3.23. The van der Waals surface area contributed by atoms with Crippen LogP contribution in [0, 0.1) is 11.6 Å². The molecule has 1 aliphatic rings. The third kappa shape index (κ3) is 2.81. The van der Waals surface area contributed by atoms with Crippen molar-refractivity contribution in [3.63, 3.8) is 0 Å². The van der Waals surface area contributed by atoms with Gasteiger partial charge in [0, 0.05) is 31.3 Å². The van der Waals surface area contributed by atoms with E-state index in [1.807, 2.05) is 0 Å². The molecular formula is C17H14F2N4O3. The molecule has 4 rings (SSSR count). The van der Waals surface area contributed by atoms with Crippen molar-refractivity contribution in [3.05, 3.63) is 63.7 Å². The molecule has 7 nitrogen and oxygen atoms in total. The van der Waals surface area contributed by atoms with E-state index < -0.39 is 11.6 Å². The SMILES string of the molecule is O=C(COc1ccc(F)c(F)c1)N1CCc2nc3cc[nH]n3c(=O)c2C1. The van der Waals surface area contributed by atoms with Crippen molar-refractivity contribution in [1.29, 1.82) is 0 Å². The number of nitrogens with one attached hydrogen (secondary N) is 1. The summed E-state index contributed by atoms with van der Waals surface area (Å²) >= 11 is 0. The highest BCUT2D eigenvalue weighted by Crippen LogP contribution is 2.17. The maximum absolute atomic E-state index is 13.2. The molecule has 0 atom stereocenters. The third-order valence-electron chi connectivity index (χ3n) is 4.30. The minimum absolute atomic E-state index is 0.0597. The minimum atomic E-state index is -1.05. The molecule has 1 N–H and O–H groups in total. The zero-order valence-corrected chi connectivity index (χ0v) is 13.5. The first-order valence-electron chi connectivity index (χ1n) is 7.96. The second kappa shape index (κ2) is 6.25. The van der Waals surface area contributed by atoms with Crippen molar-refractivity contribution in [2.45, 2.75) is 13.0 Å². The van der Waals surface area contributed by atoms with Crippen molar-refractivity contribution < 1.29 is 18.3 Å². The van der Waals surface area contributed by atoms with Crippen LogP contribution in [-0.2, 0) is 17.8 Å². The summed E-state index contributed by atoms with van der Waals surface area (Å²) in [4.78, 5) is 30.8. The van der Waals surface area contributed by atoms with Gasteiger partial charge >= 0.3 is 0 Å². The zero-order valence-electron chi connectivity index (χ0n) is 13.5. The van der Waals surface area contributed by atoms with Crippen molar-refractivity contribution in [1.82, 2.24) is 19.5 Å². The molecule has 9 heteroatoms. The molecule has 0 fully saturated rings. The lowest BCUT2D eigenvalue weighted by atomic mass is 10.1. The highest BCUT2D eigenvalue weighted by molar-refractivity contribution is 5.78. The molecule has 26 heavy (non-hydrogen) atoms. The predicted octanol–water partition coefficient (Wildman–Crippen LogP) is 1.26. The van der Waals surface area contributed by atoms with Gasteiger partial charge in [-0.1, -0.05) is 0 Å². The van der Waals surface area contributed by atoms with E-state index in [1.165, 1.54) is 15.5 Å². The summed E-state index contributed by atoms with van der Waals surface area (Å²) < 4.78 is 32.6. The lowest BCUT2D eigenvalue weighted by Gasteiger charge is -2.27. The monoisotopic (exact) mass is 360 g/mol. The number of fused-ring (bicyclic) bond motifs is 2. The number of hydrogen-bond acceptors (Lipinski definition) is 4. The maximum atomic E-state index is 13.2. The van der Waals surface area contributed by atoms with Crippen molar-refractivity contribution >= 4 is 11.6 Å². The average molecular weight is 360 g/mol. The Labute approximate surface area is 145 Å². The number of aromatic amines is 1. The Kier molecular flexibility index (Phi) is 3.90. The second-order valence-electron chi connectivity index (χ2n) is 5.93. The number of nitrogens with zero attached hydrogens (tertiary/aromatic N) is 3. The fourth-order valence-electron chi connectivity index (χ4n) is 2.93. The van der Waals surface area contributed by atoms with E-state index in [2.05, 4.69) is 10.1 Å². The summed E-state index contributed by atoms with van der Waals surface area (Å²) in [6.45, 7) is 0.197. The molecule has 3 heterocycles. The fourth-order valence-corrected chi connectivity index (χ4v) is 2.93. The van der Waals surface area contributed by atoms with Gasteiger partial charge in [0.25, 0.3) is 11.5 Å². The summed E-state index contributed by atoms with van der Waals surface area (Å²) in [6, 6.07) is 4.76. The molecule has 3 aromatic rings. The van der Waals surface area contributed by atoms with Crippen molar-refractivity contribution in [3.8, 4) is 5.75 Å². The van der Waals surface area contributed by atoms with Gasteiger partial charge in [-0.3, -0.25) is 14.7 Å². The number of ether oxygens (including phenoxy) is 1. The van der Waals surface area contributed by atoms with Gasteiger partial charge in [-0.25, -0.2) is 18.3 Å². The molecule has 0 unspecified atom stereocenters. The number of rotatable bonds is 3. The molecule has 0 saturated carbocycles. The average Bonchev–Trinajstić information content (AvgIpc) is 3.11. The van der Waals surface area contributed by atoms with E-state index in [4.69, 9.17) is 4.74 Å². The van der Waals surface area contributed by atoms with Gasteiger partial charge in [-0.05, 0) is 12.1 Å². The molecule has 2 aromatic heterocycles. The molecule has 0 saturated heterocycles. The Bertz CT molecular complexity index is 1060. The van der Waals surface area contributed by atoms with Gasteiger partial charge < -0.3 is 9.64 Å². The van der Waals surface area contributed by atoms with Crippen LogP contribution in [0.4, 0.5) is 8.78 Å². The van der Waals surface area contributed by atoms with Crippen molar-refractivity contribution in [2.75, 3.05) is 13.2 Å². The number of aromatic nitrogens is 3. The highest BCUT2D eigenvalue weighted by Gasteiger charge is 2.25.